The minimum Gasteiger partial charge on any atom is -0.495 e. The van der Waals surface area contributed by atoms with Crippen LogP contribution in [0.25, 0.3) is 0 Å². The number of aryl methyl sites for hydroxylation is 1. The van der Waals surface area contributed by atoms with Crippen molar-refractivity contribution in [1.29, 1.82) is 0 Å². The Labute approximate surface area is 137 Å². The van der Waals surface area contributed by atoms with Gasteiger partial charge in [0.15, 0.2) is 0 Å². The molecule has 1 aliphatic heterocycles. The molecule has 1 aromatic carbocycles. The molecule has 6 nitrogen and oxygen atoms in total. The van der Waals surface area contributed by atoms with Crippen LogP contribution in [-0.4, -0.2) is 46.0 Å². The van der Waals surface area contributed by atoms with E-state index < -0.39 is 10.0 Å². The van der Waals surface area contributed by atoms with E-state index in [-0.39, 0.29) is 16.7 Å². The summed E-state index contributed by atoms with van der Waals surface area (Å²) < 4.78 is 32.9. The molecule has 1 amide bonds. The van der Waals surface area contributed by atoms with Gasteiger partial charge in [0.1, 0.15) is 10.6 Å². The lowest BCUT2D eigenvalue weighted by atomic mass is 9.97. The predicted molar refractivity (Wildman–Crippen MR) is 87.9 cm³/mol. The van der Waals surface area contributed by atoms with Crippen LogP contribution in [0.1, 0.15) is 25.3 Å². The van der Waals surface area contributed by atoms with E-state index in [0.29, 0.717) is 25.4 Å². The summed E-state index contributed by atoms with van der Waals surface area (Å²) in [5, 5.41) is 0. The quantitative estimate of drug-likeness (QED) is 0.882. The van der Waals surface area contributed by atoms with Crippen LogP contribution < -0.4 is 9.46 Å². The van der Waals surface area contributed by atoms with Crippen LogP contribution in [0.4, 0.5) is 0 Å². The summed E-state index contributed by atoms with van der Waals surface area (Å²) >= 11 is 0. The first-order chi connectivity index (χ1) is 10.8. The fraction of sp³-hybridized carbons (Fsp3) is 0.562. The van der Waals surface area contributed by atoms with Crippen molar-refractivity contribution in [3.05, 3.63) is 23.8 Å². The number of sulfonamides is 1. The molecule has 0 radical (unpaired) electrons. The number of carbonyl (C=O) groups excluding carboxylic acids is 1. The zero-order valence-corrected chi connectivity index (χ0v) is 14.6. The second-order valence-electron chi connectivity index (χ2n) is 5.96. The largest absolute Gasteiger partial charge is 0.495 e. The number of likely N-dealkylation sites (tertiary alicyclic amines) is 1. The van der Waals surface area contributed by atoms with Crippen LogP contribution in [0, 0.1) is 12.8 Å². The third-order valence-electron chi connectivity index (χ3n) is 4.23. The number of carbonyl (C=O) groups is 1. The number of amides is 1. The van der Waals surface area contributed by atoms with E-state index in [4.69, 9.17) is 4.74 Å². The maximum atomic E-state index is 12.5. The standard InChI is InChI=1S/C16H24N2O4S/c1-12-4-5-15(22-3)16(10-12)23(20,21)17-11-14-6-8-18(9-7-14)13(2)19/h4-5,10,14,17H,6-9,11H2,1-3H3. The Morgan fingerprint density at radius 3 is 2.57 bits per heavy atom. The Balaban J connectivity index is 2.00. The smallest absolute Gasteiger partial charge is 0.244 e. The van der Waals surface area contributed by atoms with Gasteiger partial charge in [0, 0.05) is 26.6 Å². The van der Waals surface area contributed by atoms with E-state index in [1.807, 2.05) is 13.0 Å². The Kier molecular flexibility index (Phi) is 5.64. The van der Waals surface area contributed by atoms with Crippen molar-refractivity contribution in [2.75, 3.05) is 26.7 Å². The first kappa shape index (κ1) is 17.7. The average molecular weight is 340 g/mol. The lowest BCUT2D eigenvalue weighted by Crippen LogP contribution is -2.40. The molecule has 0 bridgehead atoms. The molecule has 1 saturated heterocycles. The van der Waals surface area contributed by atoms with Crippen molar-refractivity contribution in [1.82, 2.24) is 9.62 Å². The first-order valence-corrected chi connectivity index (χ1v) is 9.21. The number of benzene rings is 1. The minimum atomic E-state index is -3.61. The topological polar surface area (TPSA) is 75.7 Å². The maximum Gasteiger partial charge on any atom is 0.244 e. The van der Waals surface area contributed by atoms with Gasteiger partial charge in [-0.05, 0) is 43.4 Å². The van der Waals surface area contributed by atoms with Crippen molar-refractivity contribution >= 4 is 15.9 Å². The van der Waals surface area contributed by atoms with Gasteiger partial charge in [-0.25, -0.2) is 13.1 Å². The predicted octanol–water partition coefficient (Wildman–Crippen LogP) is 1.54. The zero-order chi connectivity index (χ0) is 17.0. The van der Waals surface area contributed by atoms with Crippen molar-refractivity contribution in [3.8, 4) is 5.75 Å². The number of hydrogen-bond donors (Lipinski definition) is 1. The molecule has 2 rings (SSSR count). The highest BCUT2D eigenvalue weighted by Gasteiger charge is 2.24. The molecule has 1 N–H and O–H groups in total. The second-order valence-corrected chi connectivity index (χ2v) is 7.69. The molecule has 128 valence electrons. The molecule has 0 atom stereocenters. The van der Waals surface area contributed by atoms with Crippen molar-refractivity contribution in [2.45, 2.75) is 31.6 Å². The van der Waals surface area contributed by atoms with E-state index in [1.165, 1.54) is 7.11 Å². The molecule has 7 heteroatoms. The number of nitrogens with one attached hydrogen (secondary N) is 1. The Bertz CT molecular complexity index is 665. The SMILES string of the molecule is COc1ccc(C)cc1S(=O)(=O)NCC1CCN(C(C)=O)CC1. The van der Waals surface area contributed by atoms with Crippen molar-refractivity contribution in [3.63, 3.8) is 0 Å². The molecule has 0 aliphatic carbocycles. The summed E-state index contributed by atoms with van der Waals surface area (Å²) in [6.45, 7) is 5.17. The molecular weight excluding hydrogens is 316 g/mol. The summed E-state index contributed by atoms with van der Waals surface area (Å²) in [7, 11) is -2.15. The number of nitrogens with zero attached hydrogens (tertiary/aromatic N) is 1. The molecule has 0 aromatic heterocycles. The number of methoxy groups -OCH3 is 1. The lowest BCUT2D eigenvalue weighted by Gasteiger charge is -2.31. The summed E-state index contributed by atoms with van der Waals surface area (Å²) in [4.78, 5) is 13.3. The maximum absolute atomic E-state index is 12.5. The van der Waals surface area contributed by atoms with E-state index >= 15 is 0 Å². The fourth-order valence-corrected chi connectivity index (χ4v) is 4.12. The van der Waals surface area contributed by atoms with Crippen LogP contribution in [-0.2, 0) is 14.8 Å². The van der Waals surface area contributed by atoms with E-state index in [0.717, 1.165) is 18.4 Å². The highest BCUT2D eigenvalue weighted by Crippen LogP contribution is 2.25. The molecule has 1 fully saturated rings. The average Bonchev–Trinajstić information content (AvgIpc) is 2.53. The third kappa shape index (κ3) is 4.45. The molecule has 1 aromatic rings. The molecule has 0 spiro atoms. The van der Waals surface area contributed by atoms with Crippen LogP contribution in [0.2, 0.25) is 0 Å². The monoisotopic (exact) mass is 340 g/mol. The van der Waals surface area contributed by atoms with Crippen LogP contribution in [0.15, 0.2) is 23.1 Å². The van der Waals surface area contributed by atoms with Gasteiger partial charge in [-0.15, -0.1) is 0 Å². The summed E-state index contributed by atoms with van der Waals surface area (Å²) in [5.74, 6) is 0.666. The van der Waals surface area contributed by atoms with Crippen LogP contribution in [0.3, 0.4) is 0 Å². The Hall–Kier alpha value is -1.60. The van der Waals surface area contributed by atoms with E-state index in [9.17, 15) is 13.2 Å². The number of ether oxygens (including phenoxy) is 1. The lowest BCUT2D eigenvalue weighted by molar-refractivity contribution is -0.130. The van der Waals surface area contributed by atoms with Gasteiger partial charge in [-0.2, -0.15) is 0 Å². The van der Waals surface area contributed by atoms with Gasteiger partial charge in [0.2, 0.25) is 15.9 Å². The Morgan fingerprint density at radius 1 is 1.35 bits per heavy atom. The van der Waals surface area contributed by atoms with Gasteiger partial charge in [-0.3, -0.25) is 4.79 Å². The van der Waals surface area contributed by atoms with Crippen molar-refractivity contribution < 1.29 is 17.9 Å². The van der Waals surface area contributed by atoms with Crippen LogP contribution >= 0.6 is 0 Å². The number of rotatable bonds is 5. The molecular formula is C16H24N2O4S. The highest BCUT2D eigenvalue weighted by molar-refractivity contribution is 7.89. The number of hydrogen-bond acceptors (Lipinski definition) is 4. The van der Waals surface area contributed by atoms with Crippen molar-refractivity contribution in [2.24, 2.45) is 5.92 Å². The summed E-state index contributed by atoms with van der Waals surface area (Å²) in [6.07, 6.45) is 1.63. The molecule has 0 unspecified atom stereocenters. The van der Waals surface area contributed by atoms with Gasteiger partial charge < -0.3 is 9.64 Å². The Morgan fingerprint density at radius 2 is 2.00 bits per heavy atom. The summed E-state index contributed by atoms with van der Waals surface area (Å²) in [6, 6.07) is 5.09. The molecule has 1 heterocycles. The highest BCUT2D eigenvalue weighted by atomic mass is 32.2. The molecule has 23 heavy (non-hydrogen) atoms. The summed E-state index contributed by atoms with van der Waals surface area (Å²) in [5.41, 5.74) is 0.862. The third-order valence-corrected chi connectivity index (χ3v) is 5.68. The van der Waals surface area contributed by atoms with Gasteiger partial charge in [-0.1, -0.05) is 6.07 Å². The van der Waals surface area contributed by atoms with Gasteiger partial charge in [0.25, 0.3) is 0 Å². The van der Waals surface area contributed by atoms with E-state index in [2.05, 4.69) is 4.72 Å². The minimum absolute atomic E-state index is 0.0773. The molecule has 0 saturated carbocycles. The first-order valence-electron chi connectivity index (χ1n) is 7.73. The van der Waals surface area contributed by atoms with Gasteiger partial charge >= 0.3 is 0 Å². The molecule has 1 aliphatic rings. The second kappa shape index (κ2) is 7.31. The normalized spacial score (nSPS) is 16.4. The van der Waals surface area contributed by atoms with Crippen LogP contribution in [0.5, 0.6) is 5.75 Å². The zero-order valence-electron chi connectivity index (χ0n) is 13.8. The van der Waals surface area contributed by atoms with Gasteiger partial charge in [0.05, 0.1) is 7.11 Å². The number of piperidine rings is 1. The fourth-order valence-electron chi connectivity index (χ4n) is 2.75. The van der Waals surface area contributed by atoms with E-state index in [1.54, 1.807) is 24.0 Å².